The third kappa shape index (κ3) is 3.97. The lowest BCUT2D eigenvalue weighted by atomic mass is 10.1. The Morgan fingerprint density at radius 1 is 1.57 bits per heavy atom. The molecule has 0 aliphatic rings. The fourth-order valence-corrected chi connectivity index (χ4v) is 1.00. The summed E-state index contributed by atoms with van der Waals surface area (Å²) < 4.78 is 0. The van der Waals surface area contributed by atoms with E-state index in [0.29, 0.717) is 12.2 Å². The number of thiol groups is 1. The second-order valence-electron chi connectivity index (χ2n) is 3.54. The summed E-state index contributed by atoms with van der Waals surface area (Å²) in [4.78, 5) is 22.0. The van der Waals surface area contributed by atoms with Crippen LogP contribution >= 0.6 is 12.6 Å². The molecule has 0 aromatic rings. The number of hydrogen-bond donors (Lipinski definition) is 4. The van der Waals surface area contributed by atoms with Gasteiger partial charge in [0, 0.05) is 0 Å². The van der Waals surface area contributed by atoms with E-state index < -0.39 is 23.5 Å². The first-order valence-corrected chi connectivity index (χ1v) is 4.86. The van der Waals surface area contributed by atoms with Crippen LogP contribution in [0.3, 0.4) is 0 Å². The van der Waals surface area contributed by atoms with Crippen LogP contribution in [0.4, 0.5) is 0 Å². The number of nitrogens with one attached hydrogen (secondary N) is 1. The molecule has 0 aliphatic carbocycles. The van der Waals surface area contributed by atoms with Gasteiger partial charge in [-0.25, -0.2) is 4.79 Å². The van der Waals surface area contributed by atoms with Crippen molar-refractivity contribution in [2.24, 2.45) is 5.73 Å². The molecule has 1 amide bonds. The zero-order valence-corrected chi connectivity index (χ0v) is 9.17. The minimum Gasteiger partial charge on any atom is -0.480 e. The summed E-state index contributed by atoms with van der Waals surface area (Å²) in [5, 5.41) is 11.1. The summed E-state index contributed by atoms with van der Waals surface area (Å²) in [5.41, 5.74) is 4.19. The maximum atomic E-state index is 11.3. The van der Waals surface area contributed by atoms with Crippen LogP contribution < -0.4 is 11.1 Å². The van der Waals surface area contributed by atoms with E-state index in [9.17, 15) is 9.59 Å². The molecule has 0 aromatic carbocycles. The summed E-state index contributed by atoms with van der Waals surface area (Å²) in [6, 6.07) is -0.703. The van der Waals surface area contributed by atoms with Crippen molar-refractivity contribution in [1.29, 1.82) is 0 Å². The predicted molar refractivity (Wildman–Crippen MR) is 56.3 cm³/mol. The van der Waals surface area contributed by atoms with Crippen molar-refractivity contribution in [1.82, 2.24) is 5.32 Å². The number of carboxylic acid groups (broad SMARTS) is 1. The van der Waals surface area contributed by atoms with Gasteiger partial charge < -0.3 is 16.2 Å². The molecule has 0 saturated carbocycles. The Hall–Kier alpha value is -0.750. The van der Waals surface area contributed by atoms with Crippen LogP contribution in [0.5, 0.6) is 0 Å². The van der Waals surface area contributed by atoms with Gasteiger partial charge in [-0.2, -0.15) is 12.6 Å². The van der Waals surface area contributed by atoms with E-state index in [2.05, 4.69) is 17.9 Å². The number of aliphatic carboxylic acids is 1. The number of amides is 1. The fraction of sp³-hybridized carbons (Fsp3) is 0.750. The lowest BCUT2D eigenvalue weighted by Crippen LogP contribution is -2.54. The number of carbonyl (C=O) groups is 2. The van der Waals surface area contributed by atoms with Crippen LogP contribution in [0, 0.1) is 0 Å². The molecule has 0 aliphatic heterocycles. The number of rotatable bonds is 5. The van der Waals surface area contributed by atoms with Gasteiger partial charge in [0.05, 0.1) is 6.04 Å². The largest absolute Gasteiger partial charge is 0.480 e. The summed E-state index contributed by atoms with van der Waals surface area (Å²) in [6.07, 6.45) is 0.421. The molecule has 0 radical (unpaired) electrons. The van der Waals surface area contributed by atoms with Crippen LogP contribution in [0.25, 0.3) is 0 Å². The van der Waals surface area contributed by atoms with Crippen molar-refractivity contribution in [2.75, 3.05) is 5.75 Å². The van der Waals surface area contributed by atoms with Crippen molar-refractivity contribution >= 4 is 24.5 Å². The van der Waals surface area contributed by atoms with E-state index >= 15 is 0 Å². The lowest BCUT2D eigenvalue weighted by molar-refractivity contribution is -0.146. The third-order valence-corrected chi connectivity index (χ3v) is 2.01. The van der Waals surface area contributed by atoms with Gasteiger partial charge in [0.1, 0.15) is 5.54 Å². The van der Waals surface area contributed by atoms with E-state index in [1.165, 1.54) is 13.8 Å². The number of hydrogen-bond acceptors (Lipinski definition) is 4. The number of carboxylic acids is 1. The number of nitrogens with two attached hydrogens (primary N) is 1. The highest BCUT2D eigenvalue weighted by Gasteiger charge is 2.30. The van der Waals surface area contributed by atoms with Gasteiger partial charge in [0.2, 0.25) is 5.91 Å². The normalized spacial score (nSPS) is 13.4. The molecule has 5 nitrogen and oxygen atoms in total. The minimum atomic E-state index is -1.29. The fourth-order valence-electron chi connectivity index (χ4n) is 0.724. The van der Waals surface area contributed by atoms with E-state index in [1.54, 1.807) is 0 Å². The molecule has 1 atom stereocenters. The SMILES string of the molecule is CC(C)(NC(=O)[C@@H](N)CCS)C(=O)O. The molecule has 0 rings (SSSR count). The molecule has 0 aromatic heterocycles. The Labute approximate surface area is 88.5 Å². The van der Waals surface area contributed by atoms with Crippen LogP contribution in [0.15, 0.2) is 0 Å². The first-order valence-electron chi connectivity index (χ1n) is 4.23. The van der Waals surface area contributed by atoms with Crippen molar-refractivity contribution < 1.29 is 14.7 Å². The summed E-state index contributed by atoms with van der Waals surface area (Å²) >= 11 is 3.93. The van der Waals surface area contributed by atoms with Gasteiger partial charge in [-0.15, -0.1) is 0 Å². The second-order valence-corrected chi connectivity index (χ2v) is 3.99. The second kappa shape index (κ2) is 5.21. The van der Waals surface area contributed by atoms with Crippen molar-refractivity contribution in [3.05, 3.63) is 0 Å². The Balaban J connectivity index is 4.24. The molecule has 0 fully saturated rings. The molecule has 6 heteroatoms. The smallest absolute Gasteiger partial charge is 0.328 e. The maximum Gasteiger partial charge on any atom is 0.328 e. The molecule has 0 unspecified atom stereocenters. The van der Waals surface area contributed by atoms with E-state index in [-0.39, 0.29) is 0 Å². The van der Waals surface area contributed by atoms with Crippen LogP contribution in [-0.4, -0.2) is 34.3 Å². The van der Waals surface area contributed by atoms with Gasteiger partial charge in [-0.3, -0.25) is 4.79 Å². The monoisotopic (exact) mass is 220 g/mol. The Morgan fingerprint density at radius 3 is 2.43 bits per heavy atom. The lowest BCUT2D eigenvalue weighted by Gasteiger charge is -2.23. The molecular formula is C8H16N2O3S. The average molecular weight is 220 g/mol. The standard InChI is InChI=1S/C8H16N2O3S/c1-8(2,7(12)13)10-6(11)5(9)3-4-14/h5,14H,3-4,9H2,1-2H3,(H,10,11)(H,12,13)/t5-/m0/s1. The van der Waals surface area contributed by atoms with E-state index in [4.69, 9.17) is 10.8 Å². The van der Waals surface area contributed by atoms with Gasteiger partial charge in [-0.05, 0) is 26.0 Å². The Bertz CT molecular complexity index is 231. The molecule has 0 heterocycles. The highest BCUT2D eigenvalue weighted by atomic mass is 32.1. The van der Waals surface area contributed by atoms with Crippen LogP contribution in [0.1, 0.15) is 20.3 Å². The van der Waals surface area contributed by atoms with Gasteiger partial charge in [0.25, 0.3) is 0 Å². The zero-order chi connectivity index (χ0) is 11.4. The molecule has 0 bridgehead atoms. The highest BCUT2D eigenvalue weighted by molar-refractivity contribution is 7.80. The Kier molecular flexibility index (Phi) is 4.93. The van der Waals surface area contributed by atoms with E-state index in [0.717, 1.165) is 0 Å². The van der Waals surface area contributed by atoms with Gasteiger partial charge in [-0.1, -0.05) is 0 Å². The summed E-state index contributed by atoms with van der Waals surface area (Å²) in [5.74, 6) is -1.07. The highest BCUT2D eigenvalue weighted by Crippen LogP contribution is 2.03. The maximum absolute atomic E-state index is 11.3. The van der Waals surface area contributed by atoms with Crippen molar-refractivity contribution in [2.45, 2.75) is 31.8 Å². The Morgan fingerprint density at radius 2 is 2.07 bits per heavy atom. The van der Waals surface area contributed by atoms with Crippen molar-refractivity contribution in [3.63, 3.8) is 0 Å². The third-order valence-electron chi connectivity index (χ3n) is 1.75. The quantitative estimate of drug-likeness (QED) is 0.475. The number of carbonyl (C=O) groups excluding carboxylic acids is 1. The van der Waals surface area contributed by atoms with E-state index in [1.807, 2.05) is 0 Å². The molecule has 0 spiro atoms. The first kappa shape index (κ1) is 13.2. The molecular weight excluding hydrogens is 204 g/mol. The van der Waals surface area contributed by atoms with Gasteiger partial charge in [0.15, 0.2) is 0 Å². The van der Waals surface area contributed by atoms with Gasteiger partial charge >= 0.3 is 5.97 Å². The van der Waals surface area contributed by atoms with Crippen LogP contribution in [0.2, 0.25) is 0 Å². The molecule has 14 heavy (non-hydrogen) atoms. The zero-order valence-electron chi connectivity index (χ0n) is 8.28. The van der Waals surface area contributed by atoms with Crippen molar-refractivity contribution in [3.8, 4) is 0 Å². The molecule has 0 saturated heterocycles. The average Bonchev–Trinajstić information content (AvgIpc) is 2.03. The first-order chi connectivity index (χ1) is 6.31. The minimum absolute atomic E-state index is 0.421. The summed E-state index contributed by atoms with van der Waals surface area (Å²) in [6.45, 7) is 2.81. The predicted octanol–water partition coefficient (Wildman–Crippen LogP) is -0.387. The molecule has 82 valence electrons. The summed E-state index contributed by atoms with van der Waals surface area (Å²) in [7, 11) is 0. The topological polar surface area (TPSA) is 92.4 Å². The van der Waals surface area contributed by atoms with Crippen LogP contribution in [-0.2, 0) is 9.59 Å². The molecule has 4 N–H and O–H groups in total.